The molecule has 56 heavy (non-hydrogen) atoms. The van der Waals surface area contributed by atoms with Crippen molar-refractivity contribution < 1.29 is 0 Å². The molecule has 1 aliphatic carbocycles. The zero-order chi connectivity index (χ0) is 37.0. The molecular weight excluding hydrogens is 679 g/mol. The fraction of sp³-hybridized carbons (Fsp3) is 0. The highest BCUT2D eigenvalue weighted by molar-refractivity contribution is 6.19. The van der Waals surface area contributed by atoms with E-state index in [1.807, 2.05) is 36.4 Å². The third-order valence-electron chi connectivity index (χ3n) is 11.1. The van der Waals surface area contributed by atoms with Gasteiger partial charge in [-0.1, -0.05) is 176 Å². The van der Waals surface area contributed by atoms with Crippen LogP contribution in [0.2, 0.25) is 0 Å². The van der Waals surface area contributed by atoms with Gasteiger partial charge in [0.25, 0.3) is 0 Å². The van der Waals surface area contributed by atoms with Crippen molar-refractivity contribution in [3.8, 4) is 89.8 Å². The summed E-state index contributed by atoms with van der Waals surface area (Å²) >= 11 is 0. The maximum Gasteiger partial charge on any atom is 0.164 e. The Bertz CT molecular complexity index is 3050. The van der Waals surface area contributed by atoms with Crippen molar-refractivity contribution in [2.75, 3.05) is 0 Å². The van der Waals surface area contributed by atoms with Crippen molar-refractivity contribution in [3.05, 3.63) is 200 Å². The van der Waals surface area contributed by atoms with Crippen LogP contribution in [0, 0.1) is 0 Å². The molecule has 260 valence electrons. The van der Waals surface area contributed by atoms with Crippen LogP contribution in [0.15, 0.2) is 200 Å². The summed E-state index contributed by atoms with van der Waals surface area (Å²) in [5.41, 5.74) is 15.2. The first-order valence-corrected chi connectivity index (χ1v) is 19.0. The molecule has 1 heterocycles. The standard InChI is InChI=1S/C53H33N3/c1-4-15-34(16-5-1)38-23-12-24-39(31-38)47-32-40(33-48-44-27-13-21-35-22-14-28-46(49(35)44)50(47)48)41-29-30-45(43-26-11-10-25-42(41)43)53-55-51(36-17-6-2-7-18-36)54-52(56-53)37-19-8-3-9-20-37/h1-33H. The van der Waals surface area contributed by atoms with Crippen LogP contribution in [-0.2, 0) is 0 Å². The van der Waals surface area contributed by atoms with Gasteiger partial charge in [0, 0.05) is 16.7 Å². The van der Waals surface area contributed by atoms with Gasteiger partial charge in [-0.05, 0) is 101 Å². The number of fused-ring (bicyclic) bond motifs is 4. The molecule has 0 saturated heterocycles. The number of aromatic nitrogens is 3. The van der Waals surface area contributed by atoms with Crippen molar-refractivity contribution in [1.82, 2.24) is 15.0 Å². The highest BCUT2D eigenvalue weighted by atomic mass is 15.0. The topological polar surface area (TPSA) is 38.7 Å². The fourth-order valence-electron chi connectivity index (χ4n) is 8.47. The lowest BCUT2D eigenvalue weighted by Crippen LogP contribution is -2.00. The van der Waals surface area contributed by atoms with E-state index in [9.17, 15) is 0 Å². The van der Waals surface area contributed by atoms with Crippen molar-refractivity contribution in [2.24, 2.45) is 0 Å². The van der Waals surface area contributed by atoms with Crippen molar-refractivity contribution >= 4 is 21.5 Å². The Morgan fingerprint density at radius 1 is 0.250 bits per heavy atom. The van der Waals surface area contributed by atoms with Gasteiger partial charge in [0.05, 0.1) is 0 Å². The molecule has 1 aliphatic rings. The van der Waals surface area contributed by atoms with Crippen LogP contribution in [0.5, 0.6) is 0 Å². The summed E-state index contributed by atoms with van der Waals surface area (Å²) < 4.78 is 0. The summed E-state index contributed by atoms with van der Waals surface area (Å²) in [4.78, 5) is 15.2. The molecule has 9 aromatic carbocycles. The monoisotopic (exact) mass is 711 g/mol. The molecular formula is C53H33N3. The summed E-state index contributed by atoms with van der Waals surface area (Å²) in [5.74, 6) is 1.95. The number of benzene rings is 9. The lowest BCUT2D eigenvalue weighted by atomic mass is 9.86. The Kier molecular flexibility index (Phi) is 7.49. The third-order valence-corrected chi connectivity index (χ3v) is 11.1. The van der Waals surface area contributed by atoms with Crippen LogP contribution in [0.4, 0.5) is 0 Å². The van der Waals surface area contributed by atoms with Crippen molar-refractivity contribution in [2.45, 2.75) is 0 Å². The highest BCUT2D eigenvalue weighted by Crippen LogP contribution is 2.53. The maximum absolute atomic E-state index is 5.11. The zero-order valence-electron chi connectivity index (χ0n) is 30.4. The quantitative estimate of drug-likeness (QED) is 0.172. The molecule has 0 saturated carbocycles. The Labute approximate surface area is 325 Å². The molecule has 3 heteroatoms. The first kappa shape index (κ1) is 32.0. The van der Waals surface area contributed by atoms with E-state index in [1.54, 1.807) is 0 Å². The van der Waals surface area contributed by atoms with Crippen LogP contribution in [0.3, 0.4) is 0 Å². The third kappa shape index (κ3) is 5.32. The lowest BCUT2D eigenvalue weighted by molar-refractivity contribution is 1.08. The van der Waals surface area contributed by atoms with Crippen LogP contribution in [-0.4, -0.2) is 15.0 Å². The molecule has 11 rings (SSSR count). The van der Waals surface area contributed by atoms with E-state index in [2.05, 4.69) is 164 Å². The SMILES string of the molecule is c1ccc(-c2cccc(-c3cc(-c4ccc(-c5nc(-c6ccccc6)nc(-c6ccccc6)n5)c5ccccc45)cc4c3-c3cccc5cccc-4c35)c2)cc1. The van der Waals surface area contributed by atoms with Gasteiger partial charge in [0.1, 0.15) is 0 Å². The zero-order valence-corrected chi connectivity index (χ0v) is 30.4. The number of rotatable bonds is 6. The van der Waals surface area contributed by atoms with Gasteiger partial charge in [0.15, 0.2) is 17.5 Å². The molecule has 0 aliphatic heterocycles. The summed E-state index contributed by atoms with van der Waals surface area (Å²) in [5, 5.41) is 4.82. The second kappa shape index (κ2) is 13.1. The van der Waals surface area contributed by atoms with Crippen LogP contribution in [0.25, 0.3) is 111 Å². The van der Waals surface area contributed by atoms with E-state index in [0.717, 1.165) is 33.0 Å². The van der Waals surface area contributed by atoms with Crippen LogP contribution in [0.1, 0.15) is 0 Å². The maximum atomic E-state index is 5.11. The largest absolute Gasteiger partial charge is 0.208 e. The molecule has 10 aromatic rings. The van der Waals surface area contributed by atoms with E-state index >= 15 is 0 Å². The molecule has 1 aromatic heterocycles. The smallest absolute Gasteiger partial charge is 0.164 e. The van der Waals surface area contributed by atoms with Gasteiger partial charge >= 0.3 is 0 Å². The lowest BCUT2D eigenvalue weighted by Gasteiger charge is -2.17. The molecule has 0 fully saturated rings. The minimum absolute atomic E-state index is 0.648. The van der Waals surface area contributed by atoms with Gasteiger partial charge in [-0.25, -0.2) is 15.0 Å². The first-order valence-electron chi connectivity index (χ1n) is 19.0. The molecule has 3 nitrogen and oxygen atoms in total. The highest BCUT2D eigenvalue weighted by Gasteiger charge is 2.26. The molecule has 0 unspecified atom stereocenters. The van der Waals surface area contributed by atoms with Gasteiger partial charge in [-0.15, -0.1) is 0 Å². The summed E-state index contributed by atoms with van der Waals surface area (Å²) in [7, 11) is 0. The number of nitrogens with zero attached hydrogens (tertiary/aromatic N) is 3. The predicted octanol–water partition coefficient (Wildman–Crippen LogP) is 13.8. The second-order valence-electron chi connectivity index (χ2n) is 14.3. The number of hydrogen-bond donors (Lipinski definition) is 0. The summed E-state index contributed by atoms with van der Waals surface area (Å²) in [6, 6.07) is 71.2. The van der Waals surface area contributed by atoms with Gasteiger partial charge < -0.3 is 0 Å². The molecule has 0 bridgehead atoms. The van der Waals surface area contributed by atoms with E-state index in [1.165, 1.54) is 60.8 Å². The van der Waals surface area contributed by atoms with E-state index in [4.69, 9.17) is 15.0 Å². The molecule has 0 radical (unpaired) electrons. The minimum Gasteiger partial charge on any atom is -0.208 e. The molecule has 0 amide bonds. The van der Waals surface area contributed by atoms with Gasteiger partial charge in [0.2, 0.25) is 0 Å². The Morgan fingerprint density at radius 3 is 1.43 bits per heavy atom. The van der Waals surface area contributed by atoms with E-state index in [-0.39, 0.29) is 0 Å². The van der Waals surface area contributed by atoms with E-state index < -0.39 is 0 Å². The van der Waals surface area contributed by atoms with E-state index in [0.29, 0.717) is 17.5 Å². The molecule has 0 atom stereocenters. The normalized spacial score (nSPS) is 11.6. The Balaban J connectivity index is 1.13. The fourth-order valence-corrected chi connectivity index (χ4v) is 8.47. The molecule has 0 N–H and O–H groups in total. The van der Waals surface area contributed by atoms with Crippen molar-refractivity contribution in [1.29, 1.82) is 0 Å². The summed E-state index contributed by atoms with van der Waals surface area (Å²) in [6.45, 7) is 0. The first-order chi connectivity index (χ1) is 27.8. The average Bonchev–Trinajstić information content (AvgIpc) is 3.61. The predicted molar refractivity (Wildman–Crippen MR) is 232 cm³/mol. The van der Waals surface area contributed by atoms with Crippen molar-refractivity contribution in [3.63, 3.8) is 0 Å². The van der Waals surface area contributed by atoms with Gasteiger partial charge in [-0.3, -0.25) is 0 Å². The molecule has 0 spiro atoms. The number of hydrogen-bond acceptors (Lipinski definition) is 3. The summed E-state index contributed by atoms with van der Waals surface area (Å²) in [6.07, 6.45) is 0. The second-order valence-corrected chi connectivity index (χ2v) is 14.3. The Morgan fingerprint density at radius 2 is 0.750 bits per heavy atom. The minimum atomic E-state index is 0.648. The van der Waals surface area contributed by atoms with Gasteiger partial charge in [-0.2, -0.15) is 0 Å². The van der Waals surface area contributed by atoms with Crippen LogP contribution < -0.4 is 0 Å². The van der Waals surface area contributed by atoms with Crippen LogP contribution >= 0.6 is 0 Å². The Hall–Kier alpha value is -7.49. The average molecular weight is 712 g/mol.